The van der Waals surface area contributed by atoms with E-state index in [-0.39, 0.29) is 0 Å². The van der Waals surface area contributed by atoms with Crippen LogP contribution in [0.4, 0.5) is 0 Å². The Morgan fingerprint density at radius 1 is 1.00 bits per heavy atom. The van der Waals surface area contributed by atoms with Gasteiger partial charge < -0.3 is 0 Å². The Morgan fingerprint density at radius 3 is 2.05 bits per heavy atom. The molecule has 0 radical (unpaired) electrons. The molecule has 4 heteroatoms. The first-order chi connectivity index (χ1) is 9.58. The minimum absolute atomic E-state index is 0.900. The van der Waals surface area contributed by atoms with Crippen molar-refractivity contribution in [3.63, 3.8) is 0 Å². The van der Waals surface area contributed by atoms with Gasteiger partial charge in [-0.1, -0.05) is 93.4 Å². The van der Waals surface area contributed by atoms with Gasteiger partial charge in [-0.25, -0.2) is 0 Å². The van der Waals surface area contributed by atoms with Gasteiger partial charge in [0.05, 0.1) is 8.07 Å². The molecule has 0 saturated carbocycles. The van der Waals surface area contributed by atoms with Crippen molar-refractivity contribution in [1.82, 2.24) is 0 Å². The Labute approximate surface area is 143 Å². The molecule has 1 aromatic rings. The molecule has 0 fully saturated rings. The third kappa shape index (κ3) is 8.33. The lowest BCUT2D eigenvalue weighted by atomic mass is 10.2. The molecule has 0 amide bonds. The summed E-state index contributed by atoms with van der Waals surface area (Å²) >= 11 is 7.36. The predicted octanol–water partition coefficient (Wildman–Crippen LogP) is 5.91. The molecule has 118 valence electrons. The van der Waals surface area contributed by atoms with Crippen LogP contribution in [0.3, 0.4) is 0 Å². The zero-order chi connectivity index (χ0) is 16.1. The van der Waals surface area contributed by atoms with E-state index in [4.69, 9.17) is 12.2 Å². The molecular formula is C17H30S2Si2. The molecular weight excluding hydrogens is 324 g/mol. The largest absolute Gasteiger partial charge is 0.114 e. The van der Waals surface area contributed by atoms with Crippen molar-refractivity contribution in [3.8, 4) is 0 Å². The number of hydrogen-bond donors (Lipinski definition) is 0. The van der Waals surface area contributed by atoms with Crippen LogP contribution < -0.4 is 5.19 Å². The van der Waals surface area contributed by atoms with Crippen molar-refractivity contribution in [2.45, 2.75) is 63.9 Å². The van der Waals surface area contributed by atoms with E-state index < -0.39 is 16.1 Å². The number of hydrogen-bond acceptors (Lipinski definition) is 2. The summed E-state index contributed by atoms with van der Waals surface area (Å²) in [4.78, 5) is 0. The molecule has 0 saturated heterocycles. The highest BCUT2D eigenvalue weighted by molar-refractivity contribution is 8.22. The maximum absolute atomic E-state index is 5.51. The van der Waals surface area contributed by atoms with Gasteiger partial charge in [0.2, 0.25) is 0 Å². The molecule has 0 bridgehead atoms. The van der Waals surface area contributed by atoms with Crippen LogP contribution in [0.25, 0.3) is 0 Å². The second-order valence-corrected chi connectivity index (χ2v) is 20.5. The zero-order valence-electron chi connectivity index (χ0n) is 14.5. The van der Waals surface area contributed by atoms with E-state index in [0.717, 1.165) is 12.2 Å². The molecule has 1 aromatic carbocycles. The molecule has 0 unspecified atom stereocenters. The maximum Gasteiger partial charge on any atom is 0.0775 e. The minimum Gasteiger partial charge on any atom is -0.114 e. The molecule has 0 N–H and O–H groups in total. The lowest BCUT2D eigenvalue weighted by Gasteiger charge is -2.17. The topological polar surface area (TPSA) is 0 Å². The van der Waals surface area contributed by atoms with Crippen molar-refractivity contribution < 1.29 is 0 Å². The van der Waals surface area contributed by atoms with Crippen molar-refractivity contribution in [2.75, 3.05) is 0 Å². The van der Waals surface area contributed by atoms with Crippen LogP contribution in [-0.2, 0) is 5.75 Å². The van der Waals surface area contributed by atoms with Crippen molar-refractivity contribution in [1.29, 1.82) is 0 Å². The van der Waals surface area contributed by atoms with Crippen molar-refractivity contribution >= 4 is 49.5 Å². The van der Waals surface area contributed by atoms with Crippen LogP contribution in [-0.4, -0.2) is 20.3 Å². The first kappa shape index (κ1) is 19.1. The van der Waals surface area contributed by atoms with Crippen LogP contribution >= 0.6 is 24.0 Å². The normalized spacial score (nSPS) is 12.5. The van der Waals surface area contributed by atoms with Gasteiger partial charge in [0.25, 0.3) is 0 Å². The number of thiocarbonyl (C=S) groups is 1. The molecule has 1 rings (SSSR count). The number of thioether (sulfide) groups is 1. The van der Waals surface area contributed by atoms with E-state index in [1.165, 1.54) is 27.4 Å². The number of rotatable bonds is 7. The lowest BCUT2D eigenvalue weighted by molar-refractivity contribution is 0.983. The fourth-order valence-corrected chi connectivity index (χ4v) is 5.63. The van der Waals surface area contributed by atoms with E-state index in [2.05, 4.69) is 63.5 Å². The first-order valence-corrected chi connectivity index (χ1v) is 16.4. The summed E-state index contributed by atoms with van der Waals surface area (Å²) in [6.45, 7) is 14.5. The second kappa shape index (κ2) is 8.09. The average Bonchev–Trinajstić information content (AvgIpc) is 2.34. The van der Waals surface area contributed by atoms with Crippen LogP contribution in [0.5, 0.6) is 0 Å². The smallest absolute Gasteiger partial charge is 0.0775 e. The Hall–Kier alpha value is 0.0938. The highest BCUT2D eigenvalue weighted by Gasteiger charge is 2.15. The predicted molar refractivity (Wildman–Crippen MR) is 111 cm³/mol. The van der Waals surface area contributed by atoms with Crippen LogP contribution in [0.2, 0.25) is 45.3 Å². The lowest BCUT2D eigenvalue weighted by Crippen LogP contribution is -2.37. The summed E-state index contributed by atoms with van der Waals surface area (Å²) in [5.74, 6) is 1.03. The van der Waals surface area contributed by atoms with E-state index in [1.807, 2.05) is 11.8 Å². The van der Waals surface area contributed by atoms with Gasteiger partial charge >= 0.3 is 0 Å². The van der Waals surface area contributed by atoms with Gasteiger partial charge in [-0.05, 0) is 12.0 Å². The van der Waals surface area contributed by atoms with Crippen LogP contribution in [0.1, 0.15) is 18.4 Å². The van der Waals surface area contributed by atoms with Crippen molar-refractivity contribution in [3.05, 3.63) is 29.8 Å². The number of benzene rings is 1. The van der Waals surface area contributed by atoms with E-state index >= 15 is 0 Å². The molecule has 0 heterocycles. The molecule has 0 aromatic heterocycles. The summed E-state index contributed by atoms with van der Waals surface area (Å²) in [5.41, 5.74) is 1.40. The molecule has 0 spiro atoms. The van der Waals surface area contributed by atoms with E-state index in [1.54, 1.807) is 0 Å². The summed E-state index contributed by atoms with van der Waals surface area (Å²) < 4.78 is 1.18. The quantitative estimate of drug-likeness (QED) is 0.441. The van der Waals surface area contributed by atoms with Crippen LogP contribution in [0, 0.1) is 0 Å². The van der Waals surface area contributed by atoms with E-state index in [9.17, 15) is 0 Å². The Balaban J connectivity index is 2.36. The Bertz CT molecular complexity index is 453. The molecule has 21 heavy (non-hydrogen) atoms. The Morgan fingerprint density at radius 2 is 1.57 bits per heavy atom. The highest BCUT2D eigenvalue weighted by Crippen LogP contribution is 2.20. The average molecular weight is 355 g/mol. The summed E-state index contributed by atoms with van der Waals surface area (Å²) in [6, 6.07) is 10.6. The van der Waals surface area contributed by atoms with Crippen LogP contribution in [0.15, 0.2) is 24.3 Å². The zero-order valence-corrected chi connectivity index (χ0v) is 18.1. The molecule has 0 nitrogen and oxygen atoms in total. The summed E-state index contributed by atoms with van der Waals surface area (Å²) in [5, 5.41) is 1.54. The fraction of sp³-hybridized carbons (Fsp3) is 0.588. The SMILES string of the molecule is C[Si](C)(C)CCCC(=S)SCc1ccc([Si](C)(C)C)cc1. The summed E-state index contributed by atoms with van der Waals surface area (Å²) in [6.07, 6.45) is 2.38. The minimum atomic E-state index is -1.17. The third-order valence-electron chi connectivity index (χ3n) is 3.53. The van der Waals surface area contributed by atoms with Gasteiger partial charge in [-0.3, -0.25) is 0 Å². The summed E-state index contributed by atoms with van der Waals surface area (Å²) in [7, 11) is -2.07. The van der Waals surface area contributed by atoms with Gasteiger partial charge in [0.1, 0.15) is 0 Å². The van der Waals surface area contributed by atoms with Gasteiger partial charge in [0.15, 0.2) is 0 Å². The highest BCUT2D eigenvalue weighted by atomic mass is 32.2. The van der Waals surface area contributed by atoms with Crippen molar-refractivity contribution in [2.24, 2.45) is 0 Å². The molecule has 0 aliphatic heterocycles. The van der Waals surface area contributed by atoms with Gasteiger partial charge in [-0.2, -0.15) is 0 Å². The molecule has 0 aliphatic carbocycles. The first-order valence-electron chi connectivity index (χ1n) is 7.83. The fourth-order valence-electron chi connectivity index (χ4n) is 2.10. The Kier molecular flexibility index (Phi) is 7.37. The third-order valence-corrected chi connectivity index (χ3v) is 9.01. The standard InChI is InChI=1S/C17H30S2Si2/c1-20(2,3)13-7-8-17(18)19-14-15-9-11-16(12-10-15)21(4,5)6/h9-12H,7-8,13-14H2,1-6H3. The van der Waals surface area contributed by atoms with Gasteiger partial charge in [0, 0.05) is 18.0 Å². The monoisotopic (exact) mass is 354 g/mol. The second-order valence-electron chi connectivity index (χ2n) is 8.02. The van der Waals surface area contributed by atoms with E-state index in [0.29, 0.717) is 0 Å². The molecule has 0 atom stereocenters. The van der Waals surface area contributed by atoms with Gasteiger partial charge in [-0.15, -0.1) is 11.8 Å². The molecule has 0 aliphatic rings. The maximum atomic E-state index is 5.51.